The topological polar surface area (TPSA) is 195 Å². The van der Waals surface area contributed by atoms with Gasteiger partial charge in [0, 0.05) is 17.9 Å². The molecule has 0 spiro atoms. The highest BCUT2D eigenvalue weighted by atomic mass is 32.2. The fraction of sp³-hybridized carbons (Fsp3) is 0.641. The number of rotatable bonds is 8. The van der Waals surface area contributed by atoms with E-state index in [1.807, 2.05) is 4.72 Å². The summed E-state index contributed by atoms with van der Waals surface area (Å²) in [5, 5.41) is 4.14. The zero-order chi connectivity index (χ0) is 40.6. The number of nitrogens with zero attached hydrogens (tertiary/aromatic N) is 3. The number of nitrogens with one attached hydrogen (secondary N) is 3. The number of fused-ring (bicyclic) bond motifs is 5. The maximum atomic E-state index is 14.4. The highest BCUT2D eigenvalue weighted by molar-refractivity contribution is 7.91. The van der Waals surface area contributed by atoms with E-state index in [2.05, 4.69) is 16.6 Å². The number of alkyl halides is 2. The van der Waals surface area contributed by atoms with E-state index in [0.29, 0.717) is 54.6 Å². The second-order valence-electron chi connectivity index (χ2n) is 15.8. The number of amides is 4. The van der Waals surface area contributed by atoms with Gasteiger partial charge in [-0.3, -0.25) is 19.1 Å². The smallest absolute Gasteiger partial charge is 0.407 e. The summed E-state index contributed by atoms with van der Waals surface area (Å²) in [5.41, 5.74) is -0.554. The molecule has 308 valence electrons. The van der Waals surface area contributed by atoms with Crippen molar-refractivity contribution in [3.63, 3.8) is 0 Å². The average Bonchev–Trinajstić information content (AvgIpc) is 4.10. The van der Waals surface area contributed by atoms with Gasteiger partial charge in [-0.1, -0.05) is 19.8 Å². The van der Waals surface area contributed by atoms with Crippen molar-refractivity contribution in [1.82, 2.24) is 30.2 Å². The molecule has 57 heavy (non-hydrogen) atoms. The number of benzene rings is 1. The number of aromatic nitrogens is 2. The molecule has 0 unspecified atom stereocenters. The molecule has 1 aromatic carbocycles. The van der Waals surface area contributed by atoms with Gasteiger partial charge in [0.1, 0.15) is 41.8 Å². The molecule has 7 rings (SSSR count). The Kier molecular flexibility index (Phi) is 11.5. The molecule has 3 N–H and O–H groups in total. The summed E-state index contributed by atoms with van der Waals surface area (Å²) in [7, 11) is -2.61. The molecule has 3 aliphatic carbocycles. The van der Waals surface area contributed by atoms with Crippen molar-refractivity contribution in [2.75, 3.05) is 20.2 Å². The second kappa shape index (κ2) is 16.2. The molecular formula is C39H48F2N6O9S. The van der Waals surface area contributed by atoms with E-state index in [0.717, 1.165) is 25.7 Å². The van der Waals surface area contributed by atoms with E-state index in [4.69, 9.17) is 30.6 Å². The van der Waals surface area contributed by atoms with Crippen LogP contribution in [0.1, 0.15) is 76.8 Å². The molecule has 0 radical (unpaired) electrons. The lowest BCUT2D eigenvalue weighted by Gasteiger charge is -2.29. The number of carbonyl (C=O) groups is 4. The van der Waals surface area contributed by atoms with Gasteiger partial charge in [-0.15, -0.1) is 12.3 Å². The third-order valence-electron chi connectivity index (χ3n) is 12.1. The van der Waals surface area contributed by atoms with Crippen molar-refractivity contribution < 1.29 is 50.6 Å². The zero-order valence-corrected chi connectivity index (χ0v) is 32.7. The Bertz CT molecular complexity index is 2060. The Morgan fingerprint density at radius 2 is 1.89 bits per heavy atom. The molecule has 4 amide bonds. The zero-order valence-electron chi connectivity index (χ0n) is 31.9. The number of carbonyl (C=O) groups excluding carboxylic acids is 4. The minimum Gasteiger partial charge on any atom is -0.497 e. The van der Waals surface area contributed by atoms with Crippen molar-refractivity contribution in [3.05, 3.63) is 23.9 Å². The molecule has 2 aromatic rings. The first-order valence-corrected chi connectivity index (χ1v) is 21.2. The molecule has 18 heteroatoms. The average molecular weight is 815 g/mol. The van der Waals surface area contributed by atoms with Crippen molar-refractivity contribution in [2.24, 2.45) is 23.7 Å². The Hall–Kier alpha value is -4.79. The molecule has 15 nitrogen and oxygen atoms in total. The summed E-state index contributed by atoms with van der Waals surface area (Å²) in [6.07, 6.45) is 5.82. The predicted molar refractivity (Wildman–Crippen MR) is 200 cm³/mol. The molecule has 1 saturated heterocycles. The number of halogens is 2. The first-order valence-electron chi connectivity index (χ1n) is 19.6. The summed E-state index contributed by atoms with van der Waals surface area (Å²) in [5.74, 6) is -1.83. The van der Waals surface area contributed by atoms with Gasteiger partial charge in [0.05, 0.1) is 35.9 Å². The number of ether oxygens (including phenoxy) is 3. The van der Waals surface area contributed by atoms with Crippen LogP contribution in [0.5, 0.6) is 11.6 Å². The summed E-state index contributed by atoms with van der Waals surface area (Å²) in [4.78, 5) is 65.8. The lowest BCUT2D eigenvalue weighted by Crippen LogP contribution is -2.58. The number of hydrogen-bond acceptors (Lipinski definition) is 11. The Morgan fingerprint density at radius 3 is 2.58 bits per heavy atom. The second-order valence-corrected chi connectivity index (χ2v) is 17.8. The van der Waals surface area contributed by atoms with Crippen molar-refractivity contribution in [3.8, 4) is 24.0 Å². The number of hydrogen-bond donors (Lipinski definition) is 3. The Morgan fingerprint density at radius 1 is 1.11 bits per heavy atom. The maximum absolute atomic E-state index is 14.4. The minimum absolute atomic E-state index is 0.0294. The molecule has 3 heterocycles. The molecule has 2 aliphatic heterocycles. The number of alkyl carbamates (subject to hydrolysis) is 1. The fourth-order valence-electron chi connectivity index (χ4n) is 8.67. The van der Waals surface area contributed by atoms with Crippen LogP contribution in [0.2, 0.25) is 0 Å². The fourth-order valence-corrected chi connectivity index (χ4v) is 10.0. The molecule has 4 fully saturated rings. The van der Waals surface area contributed by atoms with E-state index in [1.165, 1.54) is 12.0 Å². The first-order chi connectivity index (χ1) is 27.3. The summed E-state index contributed by atoms with van der Waals surface area (Å²) in [6, 6.07) is 3.91. The van der Waals surface area contributed by atoms with Gasteiger partial charge in [-0.25, -0.2) is 32.0 Å². The number of aryl methyl sites for hydroxylation is 1. The van der Waals surface area contributed by atoms with Crippen LogP contribution in [0.25, 0.3) is 11.0 Å². The Balaban J connectivity index is 1.21. The van der Waals surface area contributed by atoms with Crippen molar-refractivity contribution >= 4 is 44.9 Å². The molecule has 1 aromatic heterocycles. The van der Waals surface area contributed by atoms with E-state index >= 15 is 0 Å². The summed E-state index contributed by atoms with van der Waals surface area (Å²) >= 11 is 0. The standard InChI is InChI=1S/C39H48F2N6O9S/c1-4-21-15-22-9-7-6-8-10-28-36(44-29-17-23(54-3)11-14-27(29)43-28)55-31-20-47(32(48)19-42-38(51)56-30(22)16-21)33(25(31)5-2)35(49)45-39(18-26(39)34(40)41)37(50)46-57(52,53)24-12-13-24/h1,11,14,17,21-22,24-26,30-31,33-34H,5-10,12-13,15-16,18-20H2,2-3H3,(H,42,51)(H,45,49)(H,46,50)/t21-,22-,25-,26+,30-,31+,33+,39-/m1/s1. The number of sulfonamides is 1. The number of terminal acetylenes is 1. The van der Waals surface area contributed by atoms with Crippen molar-refractivity contribution in [1.29, 1.82) is 0 Å². The van der Waals surface area contributed by atoms with Crippen LogP contribution >= 0.6 is 0 Å². The number of methoxy groups -OCH3 is 1. The Labute approximate surface area is 329 Å². The van der Waals surface area contributed by atoms with Crippen LogP contribution in [0.3, 0.4) is 0 Å². The van der Waals surface area contributed by atoms with Crippen molar-refractivity contribution in [2.45, 2.75) is 113 Å². The van der Waals surface area contributed by atoms with E-state index in [-0.39, 0.29) is 30.7 Å². The third kappa shape index (κ3) is 8.44. The lowest BCUT2D eigenvalue weighted by molar-refractivity contribution is -0.140. The van der Waals surface area contributed by atoms with Gasteiger partial charge in [0.2, 0.25) is 34.1 Å². The third-order valence-corrected chi connectivity index (χ3v) is 13.9. The minimum atomic E-state index is -4.14. The maximum Gasteiger partial charge on any atom is 0.407 e. The first kappa shape index (κ1) is 40.4. The van der Waals surface area contributed by atoms with Gasteiger partial charge >= 0.3 is 6.09 Å². The van der Waals surface area contributed by atoms with Crippen LogP contribution in [-0.2, 0) is 35.6 Å². The summed E-state index contributed by atoms with van der Waals surface area (Å²) < 4.78 is 73.4. The largest absolute Gasteiger partial charge is 0.497 e. The van der Waals surface area contributed by atoms with Crippen LogP contribution in [-0.4, -0.2) is 103 Å². The lowest BCUT2D eigenvalue weighted by atomic mass is 9.94. The predicted octanol–water partition coefficient (Wildman–Crippen LogP) is 3.24. The van der Waals surface area contributed by atoms with Crippen LogP contribution in [0, 0.1) is 36.0 Å². The van der Waals surface area contributed by atoms with Gasteiger partial charge < -0.3 is 29.7 Å². The van der Waals surface area contributed by atoms with E-state index in [1.54, 1.807) is 25.1 Å². The van der Waals surface area contributed by atoms with Gasteiger partial charge in [0.25, 0.3) is 5.91 Å². The normalized spacial score (nSPS) is 30.7. The molecule has 8 atom stereocenters. The van der Waals surface area contributed by atoms with Gasteiger partial charge in [0.15, 0.2) is 0 Å². The molecular weight excluding hydrogens is 767 g/mol. The highest BCUT2D eigenvalue weighted by Gasteiger charge is 2.67. The van der Waals surface area contributed by atoms with Gasteiger partial charge in [-0.2, -0.15) is 0 Å². The van der Waals surface area contributed by atoms with E-state index < -0.39 is 94.1 Å². The SMILES string of the molecule is C#C[C@@H]1C[C@H]2CCCCCc3nc4ccc(OC)cc4nc3O[C@H]3CN(C(=O)CNC(=O)O[C@@H]2C1)[C@H](C(=O)N[C@]1(C(=O)NS(=O)(=O)C2CC2)C[C@H]1C(F)F)[C@@H]3CC. The summed E-state index contributed by atoms with van der Waals surface area (Å²) in [6.45, 7) is 1.02. The quantitative estimate of drug-likeness (QED) is 0.331. The molecule has 2 bridgehead atoms. The van der Waals surface area contributed by atoms with E-state index in [9.17, 15) is 36.4 Å². The highest BCUT2D eigenvalue weighted by Crippen LogP contribution is 2.49. The van der Waals surface area contributed by atoms with Crippen LogP contribution in [0.4, 0.5) is 13.6 Å². The van der Waals surface area contributed by atoms with Crippen LogP contribution in [0.15, 0.2) is 18.2 Å². The molecule has 3 saturated carbocycles. The monoisotopic (exact) mass is 814 g/mol. The van der Waals surface area contributed by atoms with Crippen LogP contribution < -0.4 is 24.8 Å². The molecule has 5 aliphatic rings. The van der Waals surface area contributed by atoms with Gasteiger partial charge in [-0.05, 0) is 75.8 Å².